The summed E-state index contributed by atoms with van der Waals surface area (Å²) in [5.74, 6) is -3.51. The Bertz CT molecular complexity index is 1010. The van der Waals surface area contributed by atoms with E-state index in [1.54, 1.807) is 39.0 Å². The average molecular weight is 509 g/mol. The van der Waals surface area contributed by atoms with Crippen molar-refractivity contribution in [3.8, 4) is 5.75 Å². The summed E-state index contributed by atoms with van der Waals surface area (Å²) in [7, 11) is 1.41. The van der Waals surface area contributed by atoms with Crippen LogP contribution in [0.2, 0.25) is 5.02 Å². The minimum absolute atomic E-state index is 0.0689. The topological polar surface area (TPSA) is 104 Å². The first-order chi connectivity index (χ1) is 16.6. The number of hydrogen-bond acceptors (Lipinski definition) is 8. The van der Waals surface area contributed by atoms with Crippen LogP contribution in [-0.2, 0) is 31.2 Å². The first-order valence-corrected chi connectivity index (χ1v) is 12.0. The molecule has 0 bridgehead atoms. The average Bonchev–Trinajstić information content (AvgIpc) is 2.83. The van der Waals surface area contributed by atoms with Crippen LogP contribution in [0.5, 0.6) is 5.75 Å². The maximum atomic E-state index is 12.2. The van der Waals surface area contributed by atoms with Crippen molar-refractivity contribution in [1.82, 2.24) is 0 Å². The normalized spacial score (nSPS) is 28.4. The van der Waals surface area contributed by atoms with E-state index in [9.17, 15) is 15.0 Å². The van der Waals surface area contributed by atoms with Crippen LogP contribution < -0.4 is 4.74 Å². The minimum atomic E-state index is -2.25. The van der Waals surface area contributed by atoms with Gasteiger partial charge in [0, 0.05) is 23.6 Å². The number of hydrogen-bond donors (Lipinski definition) is 2. The summed E-state index contributed by atoms with van der Waals surface area (Å²) >= 11 is 6.48. The summed E-state index contributed by atoms with van der Waals surface area (Å²) in [5, 5.41) is 23.3. The molecule has 0 radical (unpaired) electrons. The second-order valence-electron chi connectivity index (χ2n) is 8.58. The summed E-state index contributed by atoms with van der Waals surface area (Å²) in [6.45, 7) is 7.46. The van der Waals surface area contributed by atoms with Gasteiger partial charge in [-0.2, -0.15) is 0 Å². The summed E-state index contributed by atoms with van der Waals surface area (Å²) in [5.41, 5.74) is 1.91. The van der Waals surface area contributed by atoms with Crippen LogP contribution >= 0.6 is 11.6 Å². The van der Waals surface area contributed by atoms with Gasteiger partial charge in [-0.15, -0.1) is 0 Å². The second kappa shape index (κ2) is 11.1. The molecule has 2 aromatic rings. The Labute approximate surface area is 210 Å². The Morgan fingerprint density at radius 3 is 2.43 bits per heavy atom. The third kappa shape index (κ3) is 5.73. The lowest BCUT2D eigenvalue weighted by Gasteiger charge is -2.52. The van der Waals surface area contributed by atoms with Crippen LogP contribution in [0.15, 0.2) is 42.5 Å². The fourth-order valence-corrected chi connectivity index (χ4v) is 4.33. The minimum Gasteiger partial charge on any atom is -0.494 e. The van der Waals surface area contributed by atoms with Gasteiger partial charge in [-0.1, -0.05) is 36.7 Å². The highest BCUT2D eigenvalue weighted by molar-refractivity contribution is 6.31. The molecule has 5 atom stereocenters. The van der Waals surface area contributed by atoms with E-state index in [0.717, 1.165) is 11.3 Å². The Hall–Kier alpha value is -2.36. The quantitative estimate of drug-likeness (QED) is 0.505. The first kappa shape index (κ1) is 27.2. The van der Waals surface area contributed by atoms with Gasteiger partial charge in [-0.25, -0.2) is 4.79 Å². The molecule has 3 rings (SSSR count). The molecule has 9 heteroatoms. The van der Waals surface area contributed by atoms with E-state index in [4.69, 9.17) is 35.3 Å². The van der Waals surface area contributed by atoms with E-state index in [-0.39, 0.29) is 12.2 Å². The number of halogens is 1. The molecule has 1 saturated heterocycles. The third-order valence-corrected chi connectivity index (χ3v) is 6.74. The smallest absolute Gasteiger partial charge is 0.494 e. The lowest BCUT2D eigenvalue weighted by atomic mass is 9.81. The molecule has 0 saturated carbocycles. The Kier molecular flexibility index (Phi) is 8.67. The molecule has 2 aromatic carbocycles. The molecule has 1 aliphatic heterocycles. The van der Waals surface area contributed by atoms with Gasteiger partial charge in [0.2, 0.25) is 5.79 Å². The van der Waals surface area contributed by atoms with Crippen molar-refractivity contribution in [2.24, 2.45) is 5.92 Å². The number of ether oxygens (including phenoxy) is 5. The highest BCUT2D eigenvalue weighted by Crippen LogP contribution is 2.46. The van der Waals surface area contributed by atoms with Gasteiger partial charge >= 0.3 is 6.16 Å². The third-order valence-electron chi connectivity index (χ3n) is 6.37. The van der Waals surface area contributed by atoms with Crippen molar-refractivity contribution in [3.05, 3.63) is 64.2 Å². The van der Waals surface area contributed by atoms with Gasteiger partial charge in [-0.3, -0.25) is 0 Å². The zero-order valence-electron chi connectivity index (χ0n) is 20.6. The maximum Gasteiger partial charge on any atom is 0.508 e. The van der Waals surface area contributed by atoms with Crippen molar-refractivity contribution < 1.29 is 38.7 Å². The van der Waals surface area contributed by atoms with E-state index >= 15 is 0 Å². The van der Waals surface area contributed by atoms with E-state index in [0.29, 0.717) is 23.6 Å². The number of aliphatic hydroxyl groups is 2. The summed E-state index contributed by atoms with van der Waals surface area (Å²) in [4.78, 5) is 12.2. The molecule has 5 unspecified atom stereocenters. The predicted molar refractivity (Wildman–Crippen MR) is 129 cm³/mol. The Morgan fingerprint density at radius 2 is 1.83 bits per heavy atom. The monoisotopic (exact) mass is 508 g/mol. The lowest BCUT2D eigenvalue weighted by molar-refractivity contribution is -0.426. The molecule has 0 aliphatic carbocycles. The van der Waals surface area contributed by atoms with Gasteiger partial charge in [-0.05, 0) is 62.6 Å². The zero-order valence-corrected chi connectivity index (χ0v) is 21.4. The van der Waals surface area contributed by atoms with Gasteiger partial charge in [0.25, 0.3) is 0 Å². The number of carbonyl (C=O) groups is 1. The van der Waals surface area contributed by atoms with E-state index in [1.165, 1.54) is 7.11 Å². The van der Waals surface area contributed by atoms with Gasteiger partial charge in [0.15, 0.2) is 11.9 Å². The van der Waals surface area contributed by atoms with Crippen LogP contribution in [0, 0.1) is 5.92 Å². The van der Waals surface area contributed by atoms with Crippen LogP contribution in [0.4, 0.5) is 4.79 Å². The maximum absolute atomic E-state index is 12.2. The lowest BCUT2D eigenvalue weighted by Crippen LogP contribution is -2.65. The van der Waals surface area contributed by atoms with E-state index < -0.39 is 35.9 Å². The summed E-state index contributed by atoms with van der Waals surface area (Å²) < 4.78 is 27.3. The fourth-order valence-electron chi connectivity index (χ4n) is 4.14. The van der Waals surface area contributed by atoms with E-state index in [2.05, 4.69) is 0 Å². The Morgan fingerprint density at radius 1 is 1.14 bits per heavy atom. The molecule has 192 valence electrons. The largest absolute Gasteiger partial charge is 0.508 e. The molecule has 8 nitrogen and oxygen atoms in total. The van der Waals surface area contributed by atoms with E-state index in [1.807, 2.05) is 31.2 Å². The highest BCUT2D eigenvalue weighted by atomic mass is 35.5. The summed E-state index contributed by atoms with van der Waals surface area (Å²) in [6.07, 6.45) is -3.39. The number of benzene rings is 2. The Balaban J connectivity index is 2.00. The highest BCUT2D eigenvalue weighted by Gasteiger charge is 2.60. The molecule has 0 aromatic heterocycles. The second-order valence-corrected chi connectivity index (χ2v) is 8.99. The van der Waals surface area contributed by atoms with Crippen molar-refractivity contribution in [3.63, 3.8) is 0 Å². The van der Waals surface area contributed by atoms with Crippen molar-refractivity contribution in [2.45, 2.75) is 57.9 Å². The van der Waals surface area contributed by atoms with Crippen molar-refractivity contribution >= 4 is 17.8 Å². The summed E-state index contributed by atoms with van der Waals surface area (Å²) in [6, 6.07) is 12.5. The molecular weight excluding hydrogens is 476 g/mol. The molecule has 1 fully saturated rings. The number of aliphatic hydroxyl groups excluding tert-OH is 1. The predicted octanol–water partition coefficient (Wildman–Crippen LogP) is 4.41. The molecule has 1 heterocycles. The van der Waals surface area contributed by atoms with Gasteiger partial charge < -0.3 is 33.9 Å². The van der Waals surface area contributed by atoms with Crippen LogP contribution in [-0.4, -0.2) is 54.7 Å². The molecule has 0 amide bonds. The molecule has 35 heavy (non-hydrogen) atoms. The first-order valence-electron chi connectivity index (χ1n) is 11.6. The molecular formula is C26H33ClO8. The molecule has 2 N–H and O–H groups in total. The standard InChI is InChI=1S/C26H33ClO8/c1-6-32-20-11-8-17(9-12-20)14-18-15-19(10-13-21(18)27)26(30)23(34-24(29)33-7-2)22(28)16(3)25(4,31-5)35-26/h8-13,15-16,22-23,28,30H,6-7,14H2,1-5H3. The SMILES string of the molecule is CCOC(=O)OC1C(O)C(C)C(C)(OC)OC1(O)c1ccc(Cl)c(Cc2ccc(OCC)cc2)c1. The molecule has 0 spiro atoms. The van der Waals surface area contributed by atoms with Gasteiger partial charge in [0.05, 0.1) is 13.2 Å². The number of methoxy groups -OCH3 is 1. The molecule has 1 aliphatic rings. The van der Waals surface area contributed by atoms with Crippen molar-refractivity contribution in [1.29, 1.82) is 0 Å². The van der Waals surface area contributed by atoms with Crippen LogP contribution in [0.3, 0.4) is 0 Å². The number of carbonyl (C=O) groups excluding carboxylic acids is 1. The van der Waals surface area contributed by atoms with Crippen molar-refractivity contribution in [2.75, 3.05) is 20.3 Å². The van der Waals surface area contributed by atoms with Crippen LogP contribution in [0.1, 0.15) is 44.4 Å². The van der Waals surface area contributed by atoms with Crippen LogP contribution in [0.25, 0.3) is 0 Å². The zero-order chi connectivity index (χ0) is 25.8. The van der Waals surface area contributed by atoms with Gasteiger partial charge in [0.1, 0.15) is 11.9 Å². The fraction of sp³-hybridized carbons (Fsp3) is 0.500. The number of rotatable bonds is 8.